The van der Waals surface area contributed by atoms with Crippen molar-refractivity contribution in [2.75, 3.05) is 17.1 Å². The molecule has 0 aliphatic rings. The average molecular weight is 609 g/mol. The van der Waals surface area contributed by atoms with Crippen LogP contribution in [0.1, 0.15) is 31.9 Å². The Labute approximate surface area is 244 Å². The third kappa shape index (κ3) is 8.43. The predicted octanol–water partition coefficient (Wildman–Crippen LogP) is 5.45. The summed E-state index contributed by atoms with van der Waals surface area (Å²) in [7, 11) is -4.03. The minimum atomic E-state index is -4.03. The molecule has 0 saturated heterocycles. The standard InChI is InChI=1S/C29H32Cl2FN3O4S/c1-29(2,3)33-28(37)25(17-20-11-6-5-7-12-20)34(18-21-13-8-9-15-23(21)32)26(36)19-35(40(4,38)39)24-16-10-14-22(30)27(24)31/h5-16,25H,17-19H2,1-4H3,(H,33,37). The smallest absolute Gasteiger partial charge is 0.244 e. The van der Waals surface area contributed by atoms with Gasteiger partial charge in [-0.25, -0.2) is 12.8 Å². The van der Waals surface area contributed by atoms with Gasteiger partial charge in [-0.15, -0.1) is 0 Å². The van der Waals surface area contributed by atoms with E-state index in [-0.39, 0.29) is 34.3 Å². The van der Waals surface area contributed by atoms with Crippen LogP contribution in [0, 0.1) is 5.82 Å². The van der Waals surface area contributed by atoms with Gasteiger partial charge in [0.15, 0.2) is 0 Å². The summed E-state index contributed by atoms with van der Waals surface area (Å²) in [5.74, 6) is -1.75. The van der Waals surface area contributed by atoms with E-state index < -0.39 is 45.8 Å². The molecule has 3 aromatic carbocycles. The van der Waals surface area contributed by atoms with Gasteiger partial charge in [0.1, 0.15) is 18.4 Å². The number of nitrogens with zero attached hydrogens (tertiary/aromatic N) is 2. The number of nitrogens with one attached hydrogen (secondary N) is 1. The second-order valence-corrected chi connectivity index (χ2v) is 13.1. The molecule has 1 N–H and O–H groups in total. The molecular weight excluding hydrogens is 576 g/mol. The largest absolute Gasteiger partial charge is 0.350 e. The van der Waals surface area contributed by atoms with E-state index in [0.29, 0.717) is 0 Å². The molecule has 40 heavy (non-hydrogen) atoms. The Balaban J connectivity index is 2.11. The summed E-state index contributed by atoms with van der Waals surface area (Å²) >= 11 is 12.5. The van der Waals surface area contributed by atoms with E-state index in [9.17, 15) is 22.4 Å². The third-order valence-electron chi connectivity index (χ3n) is 5.95. The summed E-state index contributed by atoms with van der Waals surface area (Å²) in [6.45, 7) is 4.45. The molecule has 0 fully saturated rings. The van der Waals surface area contributed by atoms with Crippen LogP contribution in [-0.2, 0) is 32.6 Å². The summed E-state index contributed by atoms with van der Waals surface area (Å²) in [6, 6.07) is 18.3. The molecule has 1 unspecified atom stereocenters. The zero-order valence-corrected chi connectivity index (χ0v) is 25.0. The molecule has 3 aromatic rings. The molecule has 0 heterocycles. The van der Waals surface area contributed by atoms with E-state index in [2.05, 4.69) is 5.32 Å². The second kappa shape index (κ2) is 13.0. The van der Waals surface area contributed by atoms with Crippen LogP contribution < -0.4 is 9.62 Å². The molecule has 0 spiro atoms. The van der Waals surface area contributed by atoms with Gasteiger partial charge in [0.2, 0.25) is 21.8 Å². The Hall–Kier alpha value is -3.14. The van der Waals surface area contributed by atoms with Crippen LogP contribution in [0.4, 0.5) is 10.1 Å². The van der Waals surface area contributed by atoms with E-state index in [1.807, 2.05) is 30.3 Å². The Morgan fingerprint density at radius 2 is 1.57 bits per heavy atom. The molecule has 0 aliphatic carbocycles. The lowest BCUT2D eigenvalue weighted by atomic mass is 10.0. The van der Waals surface area contributed by atoms with Gasteiger partial charge >= 0.3 is 0 Å². The van der Waals surface area contributed by atoms with Crippen LogP contribution in [0.25, 0.3) is 0 Å². The van der Waals surface area contributed by atoms with Crippen LogP contribution in [0.15, 0.2) is 72.8 Å². The number of amides is 2. The maximum Gasteiger partial charge on any atom is 0.244 e. The van der Waals surface area contributed by atoms with E-state index in [4.69, 9.17) is 23.2 Å². The van der Waals surface area contributed by atoms with Crippen molar-refractivity contribution in [2.45, 2.75) is 45.3 Å². The lowest BCUT2D eigenvalue weighted by molar-refractivity contribution is -0.140. The van der Waals surface area contributed by atoms with E-state index in [1.54, 1.807) is 26.8 Å². The quantitative estimate of drug-likeness (QED) is 0.332. The lowest BCUT2D eigenvalue weighted by Crippen LogP contribution is -2.56. The number of carbonyl (C=O) groups is 2. The number of benzene rings is 3. The molecule has 0 radical (unpaired) electrons. The van der Waals surface area contributed by atoms with Gasteiger partial charge in [0.05, 0.1) is 22.0 Å². The number of hydrogen-bond donors (Lipinski definition) is 1. The van der Waals surface area contributed by atoms with Gasteiger partial charge in [0, 0.05) is 24.1 Å². The van der Waals surface area contributed by atoms with Gasteiger partial charge < -0.3 is 10.2 Å². The van der Waals surface area contributed by atoms with Crippen LogP contribution in [-0.4, -0.2) is 49.5 Å². The third-order valence-corrected chi connectivity index (χ3v) is 7.88. The molecule has 2 amide bonds. The summed E-state index contributed by atoms with van der Waals surface area (Å²) in [4.78, 5) is 28.9. The molecular formula is C29H32Cl2FN3O4S. The van der Waals surface area contributed by atoms with Crippen molar-refractivity contribution in [3.8, 4) is 0 Å². The monoisotopic (exact) mass is 607 g/mol. The first-order valence-corrected chi connectivity index (χ1v) is 15.1. The summed E-state index contributed by atoms with van der Waals surface area (Å²) in [6.07, 6.45) is 1.05. The highest BCUT2D eigenvalue weighted by Gasteiger charge is 2.35. The van der Waals surface area contributed by atoms with Gasteiger partial charge in [-0.1, -0.05) is 77.8 Å². The fourth-order valence-corrected chi connectivity index (χ4v) is 5.40. The van der Waals surface area contributed by atoms with E-state index in [1.165, 1.54) is 41.3 Å². The van der Waals surface area contributed by atoms with Gasteiger partial charge in [0.25, 0.3) is 0 Å². The van der Waals surface area contributed by atoms with Gasteiger partial charge in [-0.2, -0.15) is 0 Å². The van der Waals surface area contributed by atoms with Crippen molar-refractivity contribution in [3.05, 3.63) is 99.8 Å². The fourth-order valence-electron chi connectivity index (χ4n) is 4.10. The van der Waals surface area contributed by atoms with Gasteiger partial charge in [-0.3, -0.25) is 13.9 Å². The number of hydrogen-bond acceptors (Lipinski definition) is 4. The van der Waals surface area contributed by atoms with Crippen molar-refractivity contribution < 1.29 is 22.4 Å². The Kier molecular flexibility index (Phi) is 10.2. The zero-order chi connectivity index (χ0) is 29.7. The first kappa shape index (κ1) is 31.4. The lowest BCUT2D eigenvalue weighted by Gasteiger charge is -2.35. The first-order valence-electron chi connectivity index (χ1n) is 12.5. The second-order valence-electron chi connectivity index (χ2n) is 10.4. The highest BCUT2D eigenvalue weighted by atomic mass is 35.5. The van der Waals surface area contributed by atoms with Crippen molar-refractivity contribution in [3.63, 3.8) is 0 Å². The summed E-state index contributed by atoms with van der Waals surface area (Å²) in [5.41, 5.74) is 0.311. The Morgan fingerprint density at radius 3 is 2.17 bits per heavy atom. The van der Waals surface area contributed by atoms with Crippen LogP contribution in [0.5, 0.6) is 0 Å². The number of halogens is 3. The maximum absolute atomic E-state index is 14.8. The average Bonchev–Trinajstić information content (AvgIpc) is 2.86. The molecule has 0 bridgehead atoms. The molecule has 0 aromatic heterocycles. The molecule has 214 valence electrons. The van der Waals surface area contributed by atoms with Crippen molar-refractivity contribution in [1.29, 1.82) is 0 Å². The molecule has 11 heteroatoms. The van der Waals surface area contributed by atoms with E-state index in [0.717, 1.165) is 16.1 Å². The van der Waals surface area contributed by atoms with E-state index >= 15 is 0 Å². The Morgan fingerprint density at radius 1 is 0.950 bits per heavy atom. The van der Waals surface area contributed by atoms with Crippen molar-refractivity contribution >= 4 is 50.7 Å². The molecule has 0 aliphatic heterocycles. The SMILES string of the molecule is CC(C)(C)NC(=O)C(Cc1ccccc1)N(Cc1ccccc1F)C(=O)CN(c1cccc(Cl)c1Cl)S(C)(=O)=O. The molecule has 7 nitrogen and oxygen atoms in total. The fraction of sp³-hybridized carbons (Fsp3) is 0.310. The number of sulfonamides is 1. The minimum absolute atomic E-state index is 0.00890. The zero-order valence-electron chi connectivity index (χ0n) is 22.7. The maximum atomic E-state index is 14.8. The highest BCUT2D eigenvalue weighted by molar-refractivity contribution is 7.92. The number of anilines is 1. The molecule has 1 atom stereocenters. The molecule has 3 rings (SSSR count). The van der Waals surface area contributed by atoms with Gasteiger partial charge in [-0.05, 0) is 44.5 Å². The first-order chi connectivity index (χ1) is 18.7. The normalized spacial score (nSPS) is 12.5. The van der Waals surface area contributed by atoms with Crippen molar-refractivity contribution in [2.24, 2.45) is 0 Å². The summed E-state index contributed by atoms with van der Waals surface area (Å²) < 4.78 is 41.4. The van der Waals surface area contributed by atoms with Crippen molar-refractivity contribution in [1.82, 2.24) is 10.2 Å². The van der Waals surface area contributed by atoms with Crippen LogP contribution in [0.2, 0.25) is 10.0 Å². The molecule has 0 saturated carbocycles. The Bertz CT molecular complexity index is 1460. The number of carbonyl (C=O) groups excluding carboxylic acids is 2. The summed E-state index contributed by atoms with van der Waals surface area (Å²) in [5, 5.41) is 2.97. The van der Waals surface area contributed by atoms with Crippen LogP contribution >= 0.6 is 23.2 Å². The topological polar surface area (TPSA) is 86.8 Å². The highest BCUT2D eigenvalue weighted by Crippen LogP contribution is 2.34. The number of rotatable bonds is 10. The predicted molar refractivity (Wildman–Crippen MR) is 157 cm³/mol. The minimum Gasteiger partial charge on any atom is -0.350 e. The van der Waals surface area contributed by atoms with Crippen LogP contribution in [0.3, 0.4) is 0 Å².